The van der Waals surface area contributed by atoms with E-state index in [2.05, 4.69) is 10.6 Å². The molecule has 1 saturated heterocycles. The molecule has 1 aromatic carbocycles. The molecule has 3 atom stereocenters. The smallest absolute Gasteiger partial charge is 0.261 e. The number of aliphatic hydroxyl groups excluding tert-OH is 1. The zero-order valence-electron chi connectivity index (χ0n) is 11.0. The molecular formula is C14H19ClN2O3. The van der Waals surface area contributed by atoms with Gasteiger partial charge in [0.2, 0.25) is 0 Å². The fourth-order valence-corrected chi connectivity index (χ4v) is 2.60. The molecule has 20 heavy (non-hydrogen) atoms. The molecule has 110 valence electrons. The van der Waals surface area contributed by atoms with Gasteiger partial charge in [-0.25, -0.2) is 0 Å². The zero-order valence-corrected chi connectivity index (χ0v) is 11.9. The van der Waals surface area contributed by atoms with Crippen molar-refractivity contribution in [2.75, 3.05) is 19.6 Å². The Labute approximate surface area is 124 Å². The summed E-state index contributed by atoms with van der Waals surface area (Å²) in [5.41, 5.74) is 1.07. The average Bonchev–Trinajstić information content (AvgIpc) is 3.01. The Balaban J connectivity index is 0.00000147. The van der Waals surface area contributed by atoms with Gasteiger partial charge in [0.25, 0.3) is 5.91 Å². The number of β-amino-alcohol motifs (C(OH)–C–C–N with tert-alkyl or cyclic N) is 1. The van der Waals surface area contributed by atoms with E-state index >= 15 is 0 Å². The summed E-state index contributed by atoms with van der Waals surface area (Å²) in [6, 6.07) is 7.71. The molecule has 2 heterocycles. The minimum Gasteiger partial charge on any atom is -0.480 e. The molecule has 5 nitrogen and oxygen atoms in total. The minimum absolute atomic E-state index is 0. The molecule has 2 aliphatic rings. The number of aliphatic hydroxyl groups is 1. The zero-order chi connectivity index (χ0) is 13.2. The summed E-state index contributed by atoms with van der Waals surface area (Å²) in [4.78, 5) is 12.0. The molecule has 2 aliphatic heterocycles. The molecule has 1 fully saturated rings. The molecule has 0 spiro atoms. The molecule has 0 saturated carbocycles. The van der Waals surface area contributed by atoms with Gasteiger partial charge in [0.1, 0.15) is 5.75 Å². The summed E-state index contributed by atoms with van der Waals surface area (Å²) < 4.78 is 5.62. The first-order valence-corrected chi connectivity index (χ1v) is 6.65. The fourth-order valence-electron chi connectivity index (χ4n) is 2.60. The van der Waals surface area contributed by atoms with E-state index in [1.165, 1.54) is 0 Å². The SMILES string of the molecule is Cl.O=C(NCC1CNCC1O)C1Cc2ccccc2O1. The van der Waals surface area contributed by atoms with Gasteiger partial charge in [0.15, 0.2) is 6.10 Å². The normalized spacial score (nSPS) is 27.4. The van der Waals surface area contributed by atoms with Crippen LogP contribution >= 0.6 is 12.4 Å². The van der Waals surface area contributed by atoms with E-state index in [0.717, 1.165) is 17.9 Å². The second kappa shape index (κ2) is 6.43. The van der Waals surface area contributed by atoms with Crippen LogP contribution in [0.1, 0.15) is 5.56 Å². The van der Waals surface area contributed by atoms with Gasteiger partial charge in [-0.3, -0.25) is 4.79 Å². The van der Waals surface area contributed by atoms with Crippen molar-refractivity contribution in [2.45, 2.75) is 18.6 Å². The van der Waals surface area contributed by atoms with Gasteiger partial charge in [0, 0.05) is 32.0 Å². The van der Waals surface area contributed by atoms with E-state index in [4.69, 9.17) is 4.74 Å². The lowest BCUT2D eigenvalue weighted by Crippen LogP contribution is -2.41. The third-order valence-corrected chi connectivity index (χ3v) is 3.78. The van der Waals surface area contributed by atoms with Gasteiger partial charge in [-0.15, -0.1) is 12.4 Å². The highest BCUT2D eigenvalue weighted by atomic mass is 35.5. The summed E-state index contributed by atoms with van der Waals surface area (Å²) >= 11 is 0. The van der Waals surface area contributed by atoms with Gasteiger partial charge in [-0.05, 0) is 11.6 Å². The molecule has 0 radical (unpaired) electrons. The maximum atomic E-state index is 12.0. The van der Waals surface area contributed by atoms with Crippen molar-refractivity contribution in [3.63, 3.8) is 0 Å². The number of rotatable bonds is 3. The molecule has 6 heteroatoms. The van der Waals surface area contributed by atoms with Crippen molar-refractivity contribution >= 4 is 18.3 Å². The second-order valence-electron chi connectivity index (χ2n) is 5.15. The molecule has 3 unspecified atom stereocenters. The van der Waals surface area contributed by atoms with E-state index in [-0.39, 0.29) is 30.3 Å². The van der Waals surface area contributed by atoms with Crippen LogP contribution < -0.4 is 15.4 Å². The van der Waals surface area contributed by atoms with Crippen molar-refractivity contribution in [2.24, 2.45) is 5.92 Å². The summed E-state index contributed by atoms with van der Waals surface area (Å²) in [6.45, 7) is 1.84. The van der Waals surface area contributed by atoms with Crippen LogP contribution in [0, 0.1) is 5.92 Å². The van der Waals surface area contributed by atoms with Crippen molar-refractivity contribution in [1.29, 1.82) is 0 Å². The lowest BCUT2D eigenvalue weighted by molar-refractivity contribution is -0.127. The molecule has 1 aromatic rings. The fraction of sp³-hybridized carbons (Fsp3) is 0.500. The van der Waals surface area contributed by atoms with Crippen molar-refractivity contribution in [1.82, 2.24) is 10.6 Å². The predicted octanol–water partition coefficient (Wildman–Crippen LogP) is 0.108. The summed E-state index contributed by atoms with van der Waals surface area (Å²) in [5.74, 6) is 0.785. The van der Waals surface area contributed by atoms with Crippen molar-refractivity contribution in [3.05, 3.63) is 29.8 Å². The lowest BCUT2D eigenvalue weighted by atomic mass is 10.1. The molecule has 0 aromatic heterocycles. The first-order valence-electron chi connectivity index (χ1n) is 6.65. The van der Waals surface area contributed by atoms with Crippen molar-refractivity contribution < 1.29 is 14.6 Å². The summed E-state index contributed by atoms with van der Waals surface area (Å²) in [7, 11) is 0. The monoisotopic (exact) mass is 298 g/mol. The molecule has 3 rings (SSSR count). The average molecular weight is 299 g/mol. The van der Waals surface area contributed by atoms with Crippen LogP contribution in [0.3, 0.4) is 0 Å². The molecule has 3 N–H and O–H groups in total. The third kappa shape index (κ3) is 3.06. The quantitative estimate of drug-likeness (QED) is 0.741. The Kier molecular flexibility index (Phi) is 4.86. The van der Waals surface area contributed by atoms with Crippen LogP contribution in [-0.4, -0.2) is 42.9 Å². The summed E-state index contributed by atoms with van der Waals surface area (Å²) in [5, 5.41) is 15.6. The van der Waals surface area contributed by atoms with Gasteiger partial charge in [0.05, 0.1) is 6.10 Å². The van der Waals surface area contributed by atoms with Gasteiger partial charge >= 0.3 is 0 Å². The number of carbonyl (C=O) groups is 1. The van der Waals surface area contributed by atoms with Crippen LogP contribution in [0.25, 0.3) is 0 Å². The Morgan fingerprint density at radius 1 is 1.40 bits per heavy atom. The number of halogens is 1. The highest BCUT2D eigenvalue weighted by molar-refractivity contribution is 5.85. The lowest BCUT2D eigenvalue weighted by Gasteiger charge is -2.16. The number of benzene rings is 1. The van der Waals surface area contributed by atoms with E-state index in [1.54, 1.807) is 0 Å². The molecular weight excluding hydrogens is 280 g/mol. The number of fused-ring (bicyclic) bond motifs is 1. The van der Waals surface area contributed by atoms with E-state index in [9.17, 15) is 9.90 Å². The Morgan fingerprint density at radius 2 is 2.20 bits per heavy atom. The highest BCUT2D eigenvalue weighted by Crippen LogP contribution is 2.28. The van der Waals surface area contributed by atoms with E-state index < -0.39 is 6.10 Å². The van der Waals surface area contributed by atoms with Gasteiger partial charge < -0.3 is 20.5 Å². The number of carbonyl (C=O) groups excluding carboxylic acids is 1. The Hall–Kier alpha value is -1.30. The summed E-state index contributed by atoms with van der Waals surface area (Å²) in [6.07, 6.45) is -0.195. The van der Waals surface area contributed by atoms with Crippen molar-refractivity contribution in [3.8, 4) is 5.75 Å². The van der Waals surface area contributed by atoms with Gasteiger partial charge in [-0.1, -0.05) is 18.2 Å². The van der Waals surface area contributed by atoms with Gasteiger partial charge in [-0.2, -0.15) is 0 Å². The Bertz CT molecular complexity index is 458. The standard InChI is InChI=1S/C14H18N2O3.ClH/c17-11-8-15-6-10(11)7-16-14(18)13-5-9-3-1-2-4-12(9)19-13;/h1-4,10-11,13,15,17H,5-8H2,(H,16,18);1H. The van der Waals surface area contributed by atoms with E-state index in [1.807, 2.05) is 24.3 Å². The van der Waals surface area contributed by atoms with Crippen LogP contribution in [0.2, 0.25) is 0 Å². The van der Waals surface area contributed by atoms with Crippen LogP contribution in [0.15, 0.2) is 24.3 Å². The first-order chi connectivity index (χ1) is 9.24. The van der Waals surface area contributed by atoms with Crippen LogP contribution in [0.5, 0.6) is 5.75 Å². The molecule has 0 aliphatic carbocycles. The largest absolute Gasteiger partial charge is 0.480 e. The minimum atomic E-state index is -0.441. The number of amides is 1. The molecule has 1 amide bonds. The maximum Gasteiger partial charge on any atom is 0.261 e. The number of nitrogens with one attached hydrogen (secondary N) is 2. The third-order valence-electron chi connectivity index (χ3n) is 3.78. The number of hydrogen-bond donors (Lipinski definition) is 3. The number of ether oxygens (including phenoxy) is 1. The first kappa shape index (κ1) is 15.1. The maximum absolute atomic E-state index is 12.0. The van der Waals surface area contributed by atoms with Crippen LogP contribution in [0.4, 0.5) is 0 Å². The number of para-hydroxylation sites is 1. The van der Waals surface area contributed by atoms with Crippen LogP contribution in [-0.2, 0) is 11.2 Å². The highest BCUT2D eigenvalue weighted by Gasteiger charge is 2.30. The topological polar surface area (TPSA) is 70.6 Å². The second-order valence-corrected chi connectivity index (χ2v) is 5.15. The number of hydrogen-bond acceptors (Lipinski definition) is 4. The predicted molar refractivity (Wildman–Crippen MR) is 77.2 cm³/mol. The molecule has 0 bridgehead atoms. The Morgan fingerprint density at radius 3 is 2.90 bits per heavy atom. The van der Waals surface area contributed by atoms with E-state index in [0.29, 0.717) is 19.5 Å².